The van der Waals surface area contributed by atoms with Crippen molar-refractivity contribution in [3.8, 4) is 0 Å². The van der Waals surface area contributed by atoms with Crippen molar-refractivity contribution in [1.82, 2.24) is 14.8 Å². The minimum Gasteiger partial charge on any atom is -0.302 e. The van der Waals surface area contributed by atoms with Gasteiger partial charge in [-0.15, -0.1) is 11.3 Å². The summed E-state index contributed by atoms with van der Waals surface area (Å²) in [5.74, 6) is -0.296. The Morgan fingerprint density at radius 1 is 1.26 bits per heavy atom. The van der Waals surface area contributed by atoms with Crippen LogP contribution in [0.4, 0.5) is 5.13 Å². The number of aryl methyl sites for hydroxylation is 2. The summed E-state index contributed by atoms with van der Waals surface area (Å²) >= 11 is 1.40. The summed E-state index contributed by atoms with van der Waals surface area (Å²) in [6.45, 7) is 11.0. The normalized spacial score (nSPS) is 14.2. The van der Waals surface area contributed by atoms with Gasteiger partial charge >= 0.3 is 0 Å². The average molecular weight is 384 g/mol. The van der Waals surface area contributed by atoms with E-state index >= 15 is 0 Å². The number of nitrogens with one attached hydrogen (secondary N) is 1. The number of hydrogen-bond acceptors (Lipinski definition) is 6. The number of thiazole rings is 1. The van der Waals surface area contributed by atoms with Gasteiger partial charge in [0, 0.05) is 17.5 Å². The zero-order chi connectivity index (χ0) is 19.7. The van der Waals surface area contributed by atoms with E-state index < -0.39 is 5.91 Å². The van der Waals surface area contributed by atoms with Crippen molar-refractivity contribution in [3.05, 3.63) is 40.2 Å². The van der Waals surface area contributed by atoms with Gasteiger partial charge in [0.25, 0.3) is 11.9 Å². The monoisotopic (exact) mass is 384 g/mol. The molecule has 27 heavy (non-hydrogen) atoms. The third kappa shape index (κ3) is 3.92. The van der Waals surface area contributed by atoms with Gasteiger partial charge < -0.3 is 5.32 Å². The highest BCUT2D eigenvalue weighted by Crippen LogP contribution is 2.19. The quantitative estimate of drug-likeness (QED) is 0.819. The van der Waals surface area contributed by atoms with Gasteiger partial charge in [0.05, 0.1) is 22.7 Å². The number of rotatable bonds is 4. The van der Waals surface area contributed by atoms with E-state index in [2.05, 4.69) is 32.0 Å². The summed E-state index contributed by atoms with van der Waals surface area (Å²) in [5, 5.41) is 9.73. The molecule has 0 bridgehead atoms. The molecule has 0 radical (unpaired) electrons. The molecule has 0 atom stereocenters. The molecule has 0 fully saturated rings. The highest BCUT2D eigenvalue weighted by Gasteiger charge is 2.22. The first-order chi connectivity index (χ1) is 12.8. The Labute approximate surface area is 160 Å². The Kier molecular flexibility index (Phi) is 5.13. The number of nitrogens with zero attached hydrogens (tertiary/aromatic N) is 5. The van der Waals surface area contributed by atoms with Crippen molar-refractivity contribution >= 4 is 40.0 Å². The van der Waals surface area contributed by atoms with Crippen molar-refractivity contribution in [2.45, 2.75) is 40.5 Å². The Morgan fingerprint density at radius 2 is 2.00 bits per heavy atom. The molecule has 1 N–H and O–H groups in total. The van der Waals surface area contributed by atoms with E-state index in [-0.39, 0.29) is 17.4 Å². The van der Waals surface area contributed by atoms with Crippen LogP contribution in [0.2, 0.25) is 0 Å². The molecule has 2 aromatic rings. The molecule has 140 valence electrons. The van der Waals surface area contributed by atoms with Crippen molar-refractivity contribution < 1.29 is 9.59 Å². The summed E-state index contributed by atoms with van der Waals surface area (Å²) in [6.07, 6.45) is 0.820. The number of carbonyl (C=O) groups is 2. The van der Waals surface area contributed by atoms with Crippen molar-refractivity contribution in [3.63, 3.8) is 0 Å². The van der Waals surface area contributed by atoms with Crippen molar-refractivity contribution in [2.75, 3.05) is 5.32 Å². The molecule has 2 amide bonds. The molecule has 1 aliphatic rings. The Balaban J connectivity index is 1.74. The fourth-order valence-corrected chi connectivity index (χ4v) is 3.42. The zero-order valence-corrected chi connectivity index (χ0v) is 16.5. The Hall–Kier alpha value is -2.94. The maximum atomic E-state index is 12.2. The van der Waals surface area contributed by atoms with Crippen LogP contribution in [0.3, 0.4) is 0 Å². The van der Waals surface area contributed by atoms with Crippen LogP contribution in [0.5, 0.6) is 0 Å². The molecule has 0 spiro atoms. The van der Waals surface area contributed by atoms with Crippen LogP contribution in [-0.2, 0) is 16.0 Å². The molecule has 0 unspecified atom stereocenters. The van der Waals surface area contributed by atoms with Crippen LogP contribution in [0.25, 0.3) is 0 Å². The standard InChI is InChI=1S/C18H20N6O2S/c1-9-8-27-18(19-9)21-15(25)7-6-14-12(4)23-24(13(14)5)17-20-11(3)10(2)16(26)22-17/h8H,2,6-7H2,1,3-5H3,(H,19,21,25). The molecule has 3 heterocycles. The van der Waals surface area contributed by atoms with Gasteiger partial charge in [-0.2, -0.15) is 10.1 Å². The largest absolute Gasteiger partial charge is 0.302 e. The number of aliphatic imine (C=N–C) groups is 2. The fourth-order valence-electron chi connectivity index (χ4n) is 2.71. The predicted octanol–water partition coefficient (Wildman–Crippen LogP) is 2.60. The van der Waals surface area contributed by atoms with E-state index in [4.69, 9.17) is 0 Å². The number of hydrogen-bond donors (Lipinski definition) is 1. The smallest absolute Gasteiger partial charge is 0.281 e. The molecule has 9 heteroatoms. The molecular formula is C18H20N6O2S. The van der Waals surface area contributed by atoms with E-state index in [9.17, 15) is 9.59 Å². The van der Waals surface area contributed by atoms with Crippen LogP contribution in [0.1, 0.15) is 36.0 Å². The second kappa shape index (κ2) is 7.36. The highest BCUT2D eigenvalue weighted by atomic mass is 32.1. The van der Waals surface area contributed by atoms with Gasteiger partial charge in [-0.05, 0) is 39.7 Å². The first-order valence-electron chi connectivity index (χ1n) is 8.41. The summed E-state index contributed by atoms with van der Waals surface area (Å²) in [7, 11) is 0. The minimum absolute atomic E-state index is 0.105. The summed E-state index contributed by atoms with van der Waals surface area (Å²) < 4.78 is 1.54. The number of anilines is 1. The third-order valence-corrected chi connectivity index (χ3v) is 5.14. The number of carbonyl (C=O) groups excluding carboxylic acids is 2. The molecule has 3 rings (SSSR count). The van der Waals surface area contributed by atoms with E-state index in [0.717, 1.165) is 22.6 Å². The van der Waals surface area contributed by atoms with Crippen LogP contribution >= 0.6 is 11.3 Å². The Morgan fingerprint density at radius 3 is 2.63 bits per heavy atom. The van der Waals surface area contributed by atoms with Gasteiger partial charge in [0.2, 0.25) is 5.91 Å². The lowest BCUT2D eigenvalue weighted by atomic mass is 10.1. The molecule has 8 nitrogen and oxygen atoms in total. The molecule has 0 saturated carbocycles. The van der Waals surface area contributed by atoms with Crippen LogP contribution in [-0.4, -0.2) is 38.3 Å². The van der Waals surface area contributed by atoms with Crippen LogP contribution < -0.4 is 5.32 Å². The van der Waals surface area contributed by atoms with Crippen LogP contribution in [0.15, 0.2) is 27.5 Å². The number of amides is 2. The van der Waals surface area contributed by atoms with Gasteiger partial charge in [-0.1, -0.05) is 6.58 Å². The lowest BCUT2D eigenvalue weighted by Gasteiger charge is -2.11. The summed E-state index contributed by atoms with van der Waals surface area (Å²) in [4.78, 5) is 36.6. The minimum atomic E-state index is -0.412. The second-order valence-corrected chi connectivity index (χ2v) is 7.15. The van der Waals surface area contributed by atoms with Crippen molar-refractivity contribution in [1.29, 1.82) is 0 Å². The molecule has 0 saturated heterocycles. The van der Waals surface area contributed by atoms with Gasteiger partial charge in [-0.25, -0.2) is 14.7 Å². The zero-order valence-electron chi connectivity index (χ0n) is 15.7. The van der Waals surface area contributed by atoms with E-state index in [0.29, 0.717) is 23.7 Å². The molecule has 0 aromatic carbocycles. The third-order valence-electron chi connectivity index (χ3n) is 4.26. The lowest BCUT2D eigenvalue weighted by Crippen LogP contribution is -2.23. The van der Waals surface area contributed by atoms with Gasteiger partial charge in [0.15, 0.2) is 5.13 Å². The van der Waals surface area contributed by atoms with Crippen LogP contribution in [0, 0.1) is 20.8 Å². The molecular weight excluding hydrogens is 364 g/mol. The van der Waals surface area contributed by atoms with Gasteiger partial charge in [-0.3, -0.25) is 9.59 Å². The second-order valence-electron chi connectivity index (χ2n) is 6.30. The molecule has 0 aliphatic carbocycles. The first kappa shape index (κ1) is 18.8. The van der Waals surface area contributed by atoms with E-state index in [1.807, 2.05) is 26.2 Å². The van der Waals surface area contributed by atoms with E-state index in [1.165, 1.54) is 11.3 Å². The highest BCUT2D eigenvalue weighted by molar-refractivity contribution is 7.13. The first-order valence-corrected chi connectivity index (χ1v) is 9.29. The van der Waals surface area contributed by atoms with Crippen molar-refractivity contribution in [2.24, 2.45) is 9.98 Å². The number of aromatic nitrogens is 3. The predicted molar refractivity (Wildman–Crippen MR) is 106 cm³/mol. The average Bonchev–Trinajstić information content (AvgIpc) is 3.13. The molecule has 2 aromatic heterocycles. The lowest BCUT2D eigenvalue weighted by molar-refractivity contribution is -0.116. The molecule has 1 aliphatic heterocycles. The topological polar surface area (TPSA) is 102 Å². The summed E-state index contributed by atoms with van der Waals surface area (Å²) in [6, 6.07) is 0. The SMILES string of the molecule is C=C1C(=O)N=C(n2nc(C)c(CCC(=O)Nc3nc(C)cs3)c2C)N=C1C. The van der Waals surface area contributed by atoms with E-state index in [1.54, 1.807) is 11.6 Å². The maximum absolute atomic E-state index is 12.2. The van der Waals surface area contributed by atoms with Gasteiger partial charge in [0.1, 0.15) is 0 Å². The fraction of sp³-hybridized carbons (Fsp3) is 0.333. The Bertz CT molecular complexity index is 1010. The summed E-state index contributed by atoms with van der Waals surface area (Å²) in [5.41, 5.74) is 4.21. The maximum Gasteiger partial charge on any atom is 0.281 e.